The van der Waals surface area contributed by atoms with Gasteiger partial charge in [-0.25, -0.2) is 14.2 Å². The van der Waals surface area contributed by atoms with E-state index in [1.54, 1.807) is 25.4 Å². The lowest BCUT2D eigenvalue weighted by Gasteiger charge is -2.04. The van der Waals surface area contributed by atoms with E-state index in [2.05, 4.69) is 15.0 Å². The maximum atomic E-state index is 13.2. The monoisotopic (exact) mass is 398 g/mol. The number of carbonyl (C=O) groups is 1. The number of fused-ring (bicyclic) bond motifs is 1. The second kappa shape index (κ2) is 8.71. The average Bonchev–Trinajstić information content (AvgIpc) is 3.30. The number of hydrogen-bond donors (Lipinski definition) is 1. The highest BCUT2D eigenvalue weighted by Gasteiger charge is 2.24. The van der Waals surface area contributed by atoms with Crippen molar-refractivity contribution in [1.29, 1.82) is 0 Å². The first kappa shape index (κ1) is 19.6. The van der Waals surface area contributed by atoms with Gasteiger partial charge in [-0.15, -0.1) is 11.3 Å². The molecule has 3 aromatic rings. The molecule has 0 amide bonds. The summed E-state index contributed by atoms with van der Waals surface area (Å²) in [6, 6.07) is 4.61. The predicted molar refractivity (Wildman–Crippen MR) is 108 cm³/mol. The maximum Gasteiger partial charge on any atom is 0.341 e. The molecule has 2 N–H and O–H groups in total. The Labute approximate surface area is 165 Å². The minimum atomic E-state index is -0.423. The van der Waals surface area contributed by atoms with Crippen molar-refractivity contribution in [2.75, 3.05) is 12.3 Å². The van der Waals surface area contributed by atoms with Gasteiger partial charge in [0.05, 0.1) is 18.0 Å². The summed E-state index contributed by atoms with van der Waals surface area (Å²) in [5, 5.41) is 2.48. The number of anilines is 1. The van der Waals surface area contributed by atoms with E-state index in [4.69, 9.17) is 10.5 Å². The summed E-state index contributed by atoms with van der Waals surface area (Å²) in [7, 11) is 0. The van der Waals surface area contributed by atoms with Gasteiger partial charge in [0.2, 0.25) is 0 Å². The smallest absolute Gasteiger partial charge is 0.341 e. The summed E-state index contributed by atoms with van der Waals surface area (Å²) in [6.45, 7) is 3.90. The number of pyridine rings is 1. The third-order valence-electron chi connectivity index (χ3n) is 4.04. The molecule has 0 saturated heterocycles. The maximum absolute atomic E-state index is 13.2. The number of aromatic nitrogens is 2. The highest BCUT2D eigenvalue weighted by Crippen LogP contribution is 2.32. The van der Waals surface area contributed by atoms with Crippen LogP contribution in [0.3, 0.4) is 0 Å². The molecule has 28 heavy (non-hydrogen) atoms. The minimum Gasteiger partial charge on any atom is -0.462 e. The summed E-state index contributed by atoms with van der Waals surface area (Å²) >= 11 is 1.44. The largest absolute Gasteiger partial charge is 0.462 e. The van der Waals surface area contributed by atoms with E-state index >= 15 is 0 Å². The Hall–Kier alpha value is -3.13. The van der Waals surface area contributed by atoms with Crippen LogP contribution in [0.5, 0.6) is 0 Å². The van der Waals surface area contributed by atoms with Crippen LogP contribution in [0.4, 0.5) is 15.2 Å². The zero-order valence-corrected chi connectivity index (χ0v) is 16.3. The summed E-state index contributed by atoms with van der Waals surface area (Å²) in [5.41, 5.74) is 9.55. The van der Waals surface area contributed by atoms with Crippen molar-refractivity contribution >= 4 is 33.8 Å². The standard InChI is InChI=1S/C17H15FN2O2.C3H4N2S/c1-3-22-17(21)14-9-19-8-11-7-15(20-16(11)14)13-5-4-12(18)6-10(13)2;4-3-5-1-2-6-3/h4-6,8-9H,3,7H2,1-2H3;1-2H,(H2,4,5). The highest BCUT2D eigenvalue weighted by atomic mass is 32.1. The molecule has 6 nitrogen and oxygen atoms in total. The summed E-state index contributed by atoms with van der Waals surface area (Å²) in [6.07, 6.45) is 5.43. The Balaban J connectivity index is 0.000000320. The molecule has 1 aliphatic rings. The zero-order chi connectivity index (χ0) is 20.1. The molecule has 0 radical (unpaired) electrons. The van der Waals surface area contributed by atoms with Gasteiger partial charge in [0.15, 0.2) is 5.13 Å². The van der Waals surface area contributed by atoms with Crippen molar-refractivity contribution in [3.05, 3.63) is 70.2 Å². The van der Waals surface area contributed by atoms with Crippen LogP contribution in [0.25, 0.3) is 0 Å². The molecule has 0 fully saturated rings. The number of aliphatic imine (C=N–C) groups is 1. The number of nitrogens with two attached hydrogens (primary N) is 1. The molecular formula is C20H19FN4O2S. The number of hydrogen-bond acceptors (Lipinski definition) is 7. The van der Waals surface area contributed by atoms with Gasteiger partial charge in [0.25, 0.3) is 0 Å². The van der Waals surface area contributed by atoms with E-state index in [0.717, 1.165) is 22.4 Å². The van der Waals surface area contributed by atoms with E-state index in [1.165, 1.54) is 29.7 Å². The van der Waals surface area contributed by atoms with Crippen molar-refractivity contribution in [3.63, 3.8) is 0 Å². The van der Waals surface area contributed by atoms with Crippen molar-refractivity contribution in [1.82, 2.24) is 9.97 Å². The van der Waals surface area contributed by atoms with Gasteiger partial charge < -0.3 is 10.5 Å². The summed E-state index contributed by atoms with van der Waals surface area (Å²) in [5.74, 6) is -0.695. The topological polar surface area (TPSA) is 90.5 Å². The predicted octanol–water partition coefficient (Wildman–Crippen LogP) is 4.11. The van der Waals surface area contributed by atoms with Crippen LogP contribution in [0, 0.1) is 12.7 Å². The van der Waals surface area contributed by atoms with Crippen molar-refractivity contribution < 1.29 is 13.9 Å². The molecule has 0 bridgehead atoms. The van der Waals surface area contributed by atoms with Crippen molar-refractivity contribution in [2.24, 2.45) is 4.99 Å². The van der Waals surface area contributed by atoms with E-state index in [1.807, 2.05) is 12.3 Å². The molecule has 2 aromatic heterocycles. The van der Waals surface area contributed by atoms with Crippen LogP contribution < -0.4 is 5.73 Å². The number of rotatable bonds is 3. The molecule has 1 aromatic carbocycles. The summed E-state index contributed by atoms with van der Waals surface area (Å²) < 4.78 is 18.3. The highest BCUT2D eigenvalue weighted by molar-refractivity contribution is 7.13. The van der Waals surface area contributed by atoms with Crippen LogP contribution in [0.1, 0.15) is 34.0 Å². The third-order valence-corrected chi connectivity index (χ3v) is 4.65. The lowest BCUT2D eigenvalue weighted by atomic mass is 10.0. The Morgan fingerprint density at radius 2 is 2.18 bits per heavy atom. The van der Waals surface area contributed by atoms with Crippen LogP contribution in [0.15, 0.2) is 47.2 Å². The Kier molecular flexibility index (Phi) is 6.10. The zero-order valence-electron chi connectivity index (χ0n) is 15.5. The number of thiazole rings is 1. The molecule has 0 unspecified atom stereocenters. The molecule has 0 aliphatic carbocycles. The first-order valence-corrected chi connectivity index (χ1v) is 9.50. The molecular weight excluding hydrogens is 379 g/mol. The van der Waals surface area contributed by atoms with Crippen LogP contribution in [0.2, 0.25) is 0 Å². The lowest BCUT2D eigenvalue weighted by molar-refractivity contribution is 0.0527. The van der Waals surface area contributed by atoms with Gasteiger partial charge in [-0.05, 0) is 43.2 Å². The van der Waals surface area contributed by atoms with Gasteiger partial charge in [-0.1, -0.05) is 0 Å². The quantitative estimate of drug-likeness (QED) is 0.671. The molecule has 4 rings (SSSR count). The average molecular weight is 398 g/mol. The van der Waals surface area contributed by atoms with Crippen LogP contribution in [-0.4, -0.2) is 28.3 Å². The van der Waals surface area contributed by atoms with E-state index in [9.17, 15) is 9.18 Å². The van der Waals surface area contributed by atoms with Gasteiger partial charge in [-0.3, -0.25) is 9.98 Å². The number of halogens is 1. The molecule has 0 atom stereocenters. The first-order valence-electron chi connectivity index (χ1n) is 8.62. The number of carbonyl (C=O) groups excluding carboxylic acids is 1. The van der Waals surface area contributed by atoms with E-state index in [0.29, 0.717) is 29.4 Å². The normalized spacial score (nSPS) is 11.9. The number of aryl methyl sites for hydroxylation is 1. The molecule has 8 heteroatoms. The molecule has 0 spiro atoms. The number of esters is 1. The molecule has 3 heterocycles. The van der Waals surface area contributed by atoms with Crippen molar-refractivity contribution in [3.8, 4) is 0 Å². The molecule has 144 valence electrons. The Bertz CT molecular complexity index is 1020. The van der Waals surface area contributed by atoms with Crippen LogP contribution >= 0.6 is 11.3 Å². The first-order chi connectivity index (χ1) is 13.5. The number of nitrogens with zero attached hydrogens (tertiary/aromatic N) is 3. The second-order valence-corrected chi connectivity index (χ2v) is 6.91. The van der Waals surface area contributed by atoms with Gasteiger partial charge >= 0.3 is 5.97 Å². The molecule has 0 saturated carbocycles. The fourth-order valence-corrected chi connectivity index (χ4v) is 3.20. The van der Waals surface area contributed by atoms with Crippen molar-refractivity contribution in [2.45, 2.75) is 20.3 Å². The minimum absolute atomic E-state index is 0.272. The molecule has 1 aliphatic heterocycles. The van der Waals surface area contributed by atoms with Gasteiger partial charge in [0.1, 0.15) is 11.4 Å². The fourth-order valence-electron chi connectivity index (χ4n) is 2.81. The van der Waals surface area contributed by atoms with Gasteiger partial charge in [-0.2, -0.15) is 0 Å². The van der Waals surface area contributed by atoms with E-state index in [-0.39, 0.29) is 5.82 Å². The second-order valence-electron chi connectivity index (χ2n) is 5.98. The number of ether oxygens (including phenoxy) is 1. The number of benzene rings is 1. The SMILES string of the molecule is CCOC(=O)c1cncc2c1N=C(c1ccc(F)cc1C)C2.Nc1nccs1. The Morgan fingerprint density at radius 3 is 2.79 bits per heavy atom. The lowest BCUT2D eigenvalue weighted by Crippen LogP contribution is -2.05. The summed E-state index contributed by atoms with van der Waals surface area (Å²) in [4.78, 5) is 24.4. The van der Waals surface area contributed by atoms with E-state index < -0.39 is 5.97 Å². The number of nitrogen functional groups attached to an aromatic ring is 1. The fraction of sp³-hybridized carbons (Fsp3) is 0.200. The van der Waals surface area contributed by atoms with Crippen LogP contribution in [-0.2, 0) is 11.2 Å². The third kappa shape index (κ3) is 4.40. The van der Waals surface area contributed by atoms with Gasteiger partial charge in [0, 0.05) is 36.0 Å². The Morgan fingerprint density at radius 1 is 1.36 bits per heavy atom.